The number of amides is 1. The molecule has 0 unspecified atom stereocenters. The zero-order valence-corrected chi connectivity index (χ0v) is 19.2. The van der Waals surface area contributed by atoms with Crippen molar-refractivity contribution in [3.63, 3.8) is 0 Å². The van der Waals surface area contributed by atoms with Gasteiger partial charge in [-0.25, -0.2) is 4.98 Å². The number of ether oxygens (including phenoxy) is 1. The van der Waals surface area contributed by atoms with Crippen LogP contribution in [0.3, 0.4) is 0 Å². The Morgan fingerprint density at radius 3 is 2.61 bits per heavy atom. The van der Waals surface area contributed by atoms with Crippen LogP contribution >= 0.6 is 34.5 Å². The zero-order chi connectivity index (χ0) is 21.8. The molecule has 0 atom stereocenters. The first kappa shape index (κ1) is 21.6. The van der Waals surface area contributed by atoms with E-state index in [0.717, 1.165) is 27.8 Å². The summed E-state index contributed by atoms with van der Waals surface area (Å²) in [5, 5.41) is 1.52. The van der Waals surface area contributed by atoms with E-state index >= 15 is 0 Å². The Balaban J connectivity index is 1.63. The van der Waals surface area contributed by atoms with Crippen molar-refractivity contribution in [1.29, 1.82) is 0 Å². The van der Waals surface area contributed by atoms with Gasteiger partial charge in [0.1, 0.15) is 5.75 Å². The van der Waals surface area contributed by atoms with Gasteiger partial charge in [-0.1, -0.05) is 83.9 Å². The summed E-state index contributed by atoms with van der Waals surface area (Å²) in [5.41, 5.74) is 3.11. The predicted octanol–water partition coefficient (Wildman–Crippen LogP) is 6.78. The van der Waals surface area contributed by atoms with Crippen molar-refractivity contribution in [2.45, 2.75) is 19.9 Å². The molecule has 0 saturated heterocycles. The van der Waals surface area contributed by atoms with E-state index in [4.69, 9.17) is 32.9 Å². The quantitative estimate of drug-likeness (QED) is 0.299. The maximum absolute atomic E-state index is 13.2. The number of fused-ring (bicyclic) bond motifs is 1. The van der Waals surface area contributed by atoms with Crippen molar-refractivity contribution in [2.24, 2.45) is 0 Å². The maximum Gasteiger partial charge on any atom is 0.267 e. The Labute approximate surface area is 195 Å². The molecule has 4 rings (SSSR count). The molecule has 31 heavy (non-hydrogen) atoms. The molecule has 0 fully saturated rings. The molecule has 158 valence electrons. The van der Waals surface area contributed by atoms with E-state index in [1.807, 2.05) is 42.5 Å². The number of anilines is 1. The smallest absolute Gasteiger partial charge is 0.267 e. The number of thiazole rings is 1. The normalized spacial score (nSPS) is 10.9. The average Bonchev–Trinajstić information content (AvgIpc) is 3.21. The van der Waals surface area contributed by atoms with Crippen molar-refractivity contribution in [3.05, 3.63) is 87.9 Å². The van der Waals surface area contributed by atoms with Gasteiger partial charge >= 0.3 is 0 Å². The molecule has 4 nitrogen and oxygen atoms in total. The van der Waals surface area contributed by atoms with Gasteiger partial charge < -0.3 is 4.74 Å². The Morgan fingerprint density at radius 2 is 1.87 bits per heavy atom. The van der Waals surface area contributed by atoms with E-state index in [1.165, 1.54) is 11.3 Å². The van der Waals surface area contributed by atoms with Crippen LogP contribution in [-0.2, 0) is 17.8 Å². The summed E-state index contributed by atoms with van der Waals surface area (Å²) in [4.78, 5) is 19.7. The van der Waals surface area contributed by atoms with Crippen LogP contribution in [0.15, 0.2) is 66.7 Å². The molecule has 0 N–H and O–H groups in total. The van der Waals surface area contributed by atoms with Crippen LogP contribution < -0.4 is 9.64 Å². The number of para-hydroxylation sites is 1. The summed E-state index contributed by atoms with van der Waals surface area (Å²) >= 11 is 13.6. The molecule has 0 radical (unpaired) electrons. The Hall–Kier alpha value is -2.60. The summed E-state index contributed by atoms with van der Waals surface area (Å²) in [5.74, 6) is 0.212. The minimum atomic E-state index is -0.202. The van der Waals surface area contributed by atoms with E-state index in [2.05, 4.69) is 13.0 Å². The lowest BCUT2D eigenvalue weighted by molar-refractivity contribution is -0.120. The number of carbonyl (C=O) groups excluding carboxylic acids is 1. The molecule has 1 amide bonds. The fraction of sp³-hybridized carbons (Fsp3) is 0.167. The fourth-order valence-corrected chi connectivity index (χ4v) is 4.73. The number of hydrogen-bond acceptors (Lipinski definition) is 4. The number of carbonyl (C=O) groups is 1. The van der Waals surface area contributed by atoms with Gasteiger partial charge in [0.05, 0.1) is 21.8 Å². The minimum absolute atomic E-state index is 0.162. The van der Waals surface area contributed by atoms with E-state index in [0.29, 0.717) is 27.5 Å². The molecule has 0 saturated carbocycles. The van der Waals surface area contributed by atoms with Gasteiger partial charge in [0.25, 0.3) is 5.91 Å². The average molecular weight is 471 g/mol. The first-order chi connectivity index (χ1) is 15.0. The Morgan fingerprint density at radius 1 is 1.06 bits per heavy atom. The molecule has 1 aromatic heterocycles. The van der Waals surface area contributed by atoms with Gasteiger partial charge in [-0.15, -0.1) is 0 Å². The van der Waals surface area contributed by atoms with E-state index in [-0.39, 0.29) is 12.5 Å². The molecule has 0 aliphatic rings. The fourth-order valence-electron chi connectivity index (χ4n) is 3.23. The summed E-state index contributed by atoms with van der Waals surface area (Å²) in [7, 11) is 0. The highest BCUT2D eigenvalue weighted by Gasteiger charge is 2.22. The minimum Gasteiger partial charge on any atom is -0.482 e. The lowest BCUT2D eigenvalue weighted by Gasteiger charge is -2.20. The largest absolute Gasteiger partial charge is 0.482 e. The monoisotopic (exact) mass is 470 g/mol. The lowest BCUT2D eigenvalue weighted by atomic mass is 10.1. The summed E-state index contributed by atoms with van der Waals surface area (Å²) in [6.45, 7) is 2.34. The van der Waals surface area contributed by atoms with Gasteiger partial charge in [0.2, 0.25) is 0 Å². The third-order valence-electron chi connectivity index (χ3n) is 4.83. The molecule has 0 aliphatic carbocycles. The molecule has 0 spiro atoms. The molecule has 3 aromatic carbocycles. The van der Waals surface area contributed by atoms with Crippen LogP contribution in [-0.4, -0.2) is 17.5 Å². The van der Waals surface area contributed by atoms with Crippen molar-refractivity contribution in [1.82, 2.24) is 4.98 Å². The third kappa shape index (κ3) is 5.01. The number of aromatic nitrogens is 1. The molecule has 0 aliphatic heterocycles. The van der Waals surface area contributed by atoms with E-state index in [1.54, 1.807) is 23.1 Å². The number of benzene rings is 3. The number of nitrogens with zero attached hydrogens (tertiary/aromatic N) is 2. The topological polar surface area (TPSA) is 42.4 Å². The second-order valence-electron chi connectivity index (χ2n) is 6.94. The van der Waals surface area contributed by atoms with Crippen LogP contribution in [0.1, 0.15) is 18.1 Å². The van der Waals surface area contributed by atoms with E-state index in [9.17, 15) is 4.79 Å². The highest BCUT2D eigenvalue weighted by atomic mass is 35.5. The highest BCUT2D eigenvalue weighted by Crippen LogP contribution is 2.32. The van der Waals surface area contributed by atoms with Gasteiger partial charge in [-0.3, -0.25) is 9.69 Å². The van der Waals surface area contributed by atoms with Gasteiger partial charge in [-0.05, 0) is 41.8 Å². The summed E-state index contributed by atoms with van der Waals surface area (Å²) in [6.07, 6.45) is 0.880. The van der Waals surface area contributed by atoms with Gasteiger partial charge in [-0.2, -0.15) is 0 Å². The number of halogens is 2. The second kappa shape index (κ2) is 9.69. The van der Waals surface area contributed by atoms with E-state index < -0.39 is 0 Å². The second-order valence-corrected chi connectivity index (χ2v) is 8.80. The SMILES string of the molecule is CCc1cccc2sc(N(Cc3ccccc3)C(=O)COc3ccc(Cl)cc3Cl)nc12. The zero-order valence-electron chi connectivity index (χ0n) is 16.8. The first-order valence-electron chi connectivity index (χ1n) is 9.85. The summed E-state index contributed by atoms with van der Waals surface area (Å²) in [6, 6.07) is 20.9. The van der Waals surface area contributed by atoms with Crippen LogP contribution in [0.25, 0.3) is 10.2 Å². The highest BCUT2D eigenvalue weighted by molar-refractivity contribution is 7.22. The van der Waals surface area contributed by atoms with Gasteiger partial charge in [0, 0.05) is 5.02 Å². The maximum atomic E-state index is 13.2. The molecular weight excluding hydrogens is 451 g/mol. The molecule has 7 heteroatoms. The third-order valence-corrected chi connectivity index (χ3v) is 6.41. The van der Waals surface area contributed by atoms with Crippen molar-refractivity contribution < 1.29 is 9.53 Å². The van der Waals surface area contributed by atoms with Crippen LogP contribution in [0.5, 0.6) is 5.75 Å². The molecular formula is C24H20Cl2N2O2S. The van der Waals surface area contributed by atoms with Crippen molar-refractivity contribution >= 4 is 55.8 Å². The standard InChI is InChI=1S/C24H20Cl2N2O2S/c1-2-17-9-6-10-21-23(17)27-24(31-21)28(14-16-7-4-3-5-8-16)22(29)15-30-20-12-11-18(25)13-19(20)26/h3-13H,2,14-15H2,1H3. The number of aryl methyl sites for hydroxylation is 1. The summed E-state index contributed by atoms with van der Waals surface area (Å²) < 4.78 is 6.77. The molecule has 1 heterocycles. The Bertz CT molecular complexity index is 1210. The van der Waals surface area contributed by atoms with Crippen molar-refractivity contribution in [2.75, 3.05) is 11.5 Å². The lowest BCUT2D eigenvalue weighted by Crippen LogP contribution is -2.34. The molecule has 0 bridgehead atoms. The van der Waals surface area contributed by atoms with Crippen molar-refractivity contribution in [3.8, 4) is 5.75 Å². The number of hydrogen-bond donors (Lipinski definition) is 0. The number of rotatable bonds is 7. The van der Waals surface area contributed by atoms with Crippen LogP contribution in [0.2, 0.25) is 10.0 Å². The molecule has 4 aromatic rings. The van der Waals surface area contributed by atoms with Crippen LogP contribution in [0, 0.1) is 0 Å². The first-order valence-corrected chi connectivity index (χ1v) is 11.4. The van der Waals surface area contributed by atoms with Crippen LogP contribution in [0.4, 0.5) is 5.13 Å². The Kier molecular flexibility index (Phi) is 6.76. The van der Waals surface area contributed by atoms with Gasteiger partial charge in [0.15, 0.2) is 11.7 Å². The predicted molar refractivity (Wildman–Crippen MR) is 129 cm³/mol.